The number of benzene rings is 2. The lowest BCUT2D eigenvalue weighted by Gasteiger charge is -2.14. The van der Waals surface area contributed by atoms with Crippen molar-refractivity contribution >= 4 is 21.7 Å². The van der Waals surface area contributed by atoms with Gasteiger partial charge in [0.05, 0.1) is 35.9 Å². The number of hydrogen-bond donors (Lipinski definition) is 1. The summed E-state index contributed by atoms with van der Waals surface area (Å²) in [5.74, 6) is -0.571. The Kier molecular flexibility index (Phi) is 5.45. The van der Waals surface area contributed by atoms with Gasteiger partial charge in [-0.3, -0.25) is 4.72 Å². The molecule has 0 spiro atoms. The van der Waals surface area contributed by atoms with Crippen LogP contribution in [0, 0.1) is 0 Å². The average Bonchev–Trinajstić information content (AvgIpc) is 2.60. The topological polar surface area (TPSA) is 81.7 Å². The summed E-state index contributed by atoms with van der Waals surface area (Å²) in [6.45, 7) is 0. The summed E-state index contributed by atoms with van der Waals surface area (Å²) < 4.78 is 74.9. The van der Waals surface area contributed by atoms with Crippen LogP contribution in [0.25, 0.3) is 0 Å². The first-order valence-electron chi connectivity index (χ1n) is 7.05. The van der Waals surface area contributed by atoms with Gasteiger partial charge in [0, 0.05) is 0 Å². The van der Waals surface area contributed by atoms with E-state index in [2.05, 4.69) is 9.46 Å². The minimum absolute atomic E-state index is 0.151. The second kappa shape index (κ2) is 7.24. The monoisotopic (exact) mass is 389 g/mol. The zero-order valence-electron chi connectivity index (χ0n) is 13.6. The van der Waals surface area contributed by atoms with E-state index in [1.165, 1.54) is 25.3 Å². The van der Waals surface area contributed by atoms with Crippen LogP contribution in [-0.2, 0) is 20.9 Å². The van der Waals surface area contributed by atoms with E-state index in [1.807, 2.05) is 0 Å². The molecule has 26 heavy (non-hydrogen) atoms. The van der Waals surface area contributed by atoms with Crippen LogP contribution in [0.2, 0.25) is 0 Å². The molecule has 0 aliphatic carbocycles. The van der Waals surface area contributed by atoms with Crippen LogP contribution in [0.5, 0.6) is 5.75 Å². The summed E-state index contributed by atoms with van der Waals surface area (Å²) >= 11 is 0. The molecule has 0 radical (unpaired) electrons. The third-order valence-corrected chi connectivity index (χ3v) is 4.71. The Bertz CT molecular complexity index is 926. The van der Waals surface area contributed by atoms with Crippen molar-refractivity contribution in [2.75, 3.05) is 18.9 Å². The van der Waals surface area contributed by atoms with Crippen LogP contribution in [0.15, 0.2) is 47.4 Å². The smallest absolute Gasteiger partial charge is 0.416 e. The van der Waals surface area contributed by atoms with Gasteiger partial charge in [-0.15, -0.1) is 0 Å². The number of carbonyl (C=O) groups excluding carboxylic acids is 1. The molecule has 10 heteroatoms. The number of hydrogen-bond acceptors (Lipinski definition) is 5. The van der Waals surface area contributed by atoms with Crippen molar-refractivity contribution in [2.24, 2.45) is 0 Å². The summed E-state index contributed by atoms with van der Waals surface area (Å²) in [5, 5.41) is 0. The summed E-state index contributed by atoms with van der Waals surface area (Å²) in [6.07, 6.45) is -4.69. The van der Waals surface area contributed by atoms with Gasteiger partial charge in [0.2, 0.25) is 0 Å². The molecule has 0 unspecified atom stereocenters. The second-order valence-corrected chi connectivity index (χ2v) is 6.72. The number of anilines is 1. The SMILES string of the molecule is COC(=O)c1cc(OC)ccc1NS(=O)(=O)c1cccc(C(F)(F)F)c1. The van der Waals surface area contributed by atoms with Crippen LogP contribution in [0.1, 0.15) is 15.9 Å². The van der Waals surface area contributed by atoms with Crippen molar-refractivity contribution < 1.29 is 35.9 Å². The van der Waals surface area contributed by atoms with Crippen LogP contribution in [0.3, 0.4) is 0 Å². The molecule has 0 aliphatic rings. The molecule has 0 amide bonds. The van der Waals surface area contributed by atoms with Crippen molar-refractivity contribution in [3.63, 3.8) is 0 Å². The molecule has 1 N–H and O–H groups in total. The lowest BCUT2D eigenvalue weighted by atomic mass is 10.2. The predicted molar refractivity (Wildman–Crippen MR) is 86.6 cm³/mol. The number of methoxy groups -OCH3 is 2. The van der Waals surface area contributed by atoms with Crippen LogP contribution < -0.4 is 9.46 Å². The molecule has 0 saturated carbocycles. The van der Waals surface area contributed by atoms with Gasteiger partial charge in [0.25, 0.3) is 10.0 Å². The number of esters is 1. The largest absolute Gasteiger partial charge is 0.497 e. The second-order valence-electron chi connectivity index (χ2n) is 5.03. The van der Waals surface area contributed by atoms with Gasteiger partial charge in [0.1, 0.15) is 5.75 Å². The van der Waals surface area contributed by atoms with Crippen molar-refractivity contribution in [1.82, 2.24) is 0 Å². The molecular weight excluding hydrogens is 375 g/mol. The van der Waals surface area contributed by atoms with Gasteiger partial charge in [-0.25, -0.2) is 13.2 Å². The van der Waals surface area contributed by atoms with Crippen molar-refractivity contribution in [3.05, 3.63) is 53.6 Å². The number of alkyl halides is 3. The van der Waals surface area contributed by atoms with E-state index in [0.29, 0.717) is 6.07 Å². The predicted octanol–water partition coefficient (Wildman–Crippen LogP) is 3.30. The quantitative estimate of drug-likeness (QED) is 0.794. The van der Waals surface area contributed by atoms with Crippen molar-refractivity contribution in [1.29, 1.82) is 0 Å². The fraction of sp³-hybridized carbons (Fsp3) is 0.188. The van der Waals surface area contributed by atoms with E-state index in [9.17, 15) is 26.4 Å². The van der Waals surface area contributed by atoms with Gasteiger partial charge in [-0.1, -0.05) is 6.07 Å². The standard InChI is InChI=1S/C16H14F3NO5S/c1-24-11-6-7-14(13(9-11)15(21)25-2)20-26(22,23)12-5-3-4-10(8-12)16(17,18)19/h3-9,20H,1-2H3. The highest BCUT2D eigenvalue weighted by molar-refractivity contribution is 7.92. The number of carbonyl (C=O) groups is 1. The van der Waals surface area contributed by atoms with Crippen LogP contribution in [0.4, 0.5) is 18.9 Å². The Labute approximate surface area is 147 Å². The van der Waals surface area contributed by atoms with Gasteiger partial charge in [-0.2, -0.15) is 13.2 Å². The Morgan fingerprint density at radius 3 is 2.35 bits per heavy atom. The highest BCUT2D eigenvalue weighted by Gasteiger charge is 2.32. The molecular formula is C16H14F3NO5S. The summed E-state index contributed by atoms with van der Waals surface area (Å²) in [4.78, 5) is 11.3. The normalized spacial score (nSPS) is 11.7. The van der Waals surface area contributed by atoms with E-state index in [1.54, 1.807) is 0 Å². The number of sulfonamides is 1. The van der Waals surface area contributed by atoms with Gasteiger partial charge >= 0.3 is 12.1 Å². The van der Waals surface area contributed by atoms with Gasteiger partial charge in [-0.05, 0) is 36.4 Å². The highest BCUT2D eigenvalue weighted by atomic mass is 32.2. The van der Waals surface area contributed by atoms with Crippen LogP contribution >= 0.6 is 0 Å². The first-order chi connectivity index (χ1) is 12.1. The molecule has 0 atom stereocenters. The van der Waals surface area contributed by atoms with Crippen LogP contribution in [-0.4, -0.2) is 28.6 Å². The minimum Gasteiger partial charge on any atom is -0.497 e. The number of rotatable bonds is 5. The van der Waals surface area contributed by atoms with Crippen molar-refractivity contribution in [3.8, 4) is 5.75 Å². The maximum Gasteiger partial charge on any atom is 0.416 e. The first kappa shape index (κ1) is 19.6. The molecule has 2 rings (SSSR count). The molecule has 2 aromatic carbocycles. The number of ether oxygens (including phenoxy) is 2. The maximum absolute atomic E-state index is 12.8. The summed E-state index contributed by atoms with van der Waals surface area (Å²) in [5.41, 5.74) is -1.42. The number of halogens is 3. The Balaban J connectivity index is 2.46. The lowest BCUT2D eigenvalue weighted by Crippen LogP contribution is -2.17. The van der Waals surface area contributed by atoms with E-state index >= 15 is 0 Å². The van der Waals surface area contributed by atoms with Gasteiger partial charge < -0.3 is 9.47 Å². The molecule has 0 fully saturated rings. The maximum atomic E-state index is 12.8. The number of nitrogens with one attached hydrogen (secondary N) is 1. The fourth-order valence-corrected chi connectivity index (χ4v) is 3.19. The van der Waals surface area contributed by atoms with E-state index in [0.717, 1.165) is 25.3 Å². The zero-order valence-corrected chi connectivity index (χ0v) is 14.4. The molecule has 0 heterocycles. The average molecular weight is 389 g/mol. The molecule has 0 aromatic heterocycles. The van der Waals surface area contributed by atoms with Crippen molar-refractivity contribution in [2.45, 2.75) is 11.1 Å². The first-order valence-corrected chi connectivity index (χ1v) is 8.53. The molecule has 0 bridgehead atoms. The van der Waals surface area contributed by atoms with Gasteiger partial charge in [0.15, 0.2) is 0 Å². The minimum atomic E-state index is -4.69. The van der Waals surface area contributed by atoms with E-state index in [-0.39, 0.29) is 17.0 Å². The molecule has 6 nitrogen and oxygen atoms in total. The molecule has 140 valence electrons. The zero-order chi connectivity index (χ0) is 19.5. The van der Waals surface area contributed by atoms with E-state index in [4.69, 9.17) is 4.74 Å². The third-order valence-electron chi connectivity index (χ3n) is 3.35. The summed E-state index contributed by atoms with van der Waals surface area (Å²) in [6, 6.07) is 7.13. The highest BCUT2D eigenvalue weighted by Crippen LogP contribution is 2.31. The third kappa shape index (κ3) is 4.26. The molecule has 0 saturated heterocycles. The van der Waals surface area contributed by atoms with E-state index < -0.39 is 32.6 Å². The Hall–Kier alpha value is -2.75. The molecule has 2 aromatic rings. The molecule has 0 aliphatic heterocycles. The summed E-state index contributed by atoms with van der Waals surface area (Å²) in [7, 11) is -1.92. The fourth-order valence-electron chi connectivity index (χ4n) is 2.06. The Morgan fingerprint density at radius 1 is 1.08 bits per heavy atom. The lowest BCUT2D eigenvalue weighted by molar-refractivity contribution is -0.137. The Morgan fingerprint density at radius 2 is 1.77 bits per heavy atom.